The second-order valence-electron chi connectivity index (χ2n) is 4.75. The summed E-state index contributed by atoms with van der Waals surface area (Å²) < 4.78 is 14.2. The van der Waals surface area contributed by atoms with Crippen LogP contribution in [0, 0.1) is 5.82 Å². The van der Waals surface area contributed by atoms with Crippen LogP contribution in [0.25, 0.3) is 10.8 Å². The lowest BCUT2D eigenvalue weighted by Crippen LogP contribution is -2.12. The van der Waals surface area contributed by atoms with Crippen molar-refractivity contribution in [3.05, 3.63) is 82.1 Å². The van der Waals surface area contributed by atoms with E-state index in [4.69, 9.17) is 5.73 Å². The summed E-state index contributed by atoms with van der Waals surface area (Å²) in [7, 11) is 0. The molecular weight excluding hydrogens is 317 g/mol. The summed E-state index contributed by atoms with van der Waals surface area (Å²) in [6.07, 6.45) is 0. The molecule has 0 fully saturated rings. The van der Waals surface area contributed by atoms with E-state index >= 15 is 0 Å². The van der Waals surface area contributed by atoms with E-state index < -0.39 is 0 Å². The fourth-order valence-electron chi connectivity index (χ4n) is 2.46. The second-order valence-corrected chi connectivity index (χ2v) is 5.66. The Morgan fingerprint density at radius 3 is 2.50 bits per heavy atom. The molecule has 0 spiro atoms. The summed E-state index contributed by atoms with van der Waals surface area (Å²) in [6, 6.07) is 18.5. The molecule has 1 nitrogen and oxygen atoms in total. The van der Waals surface area contributed by atoms with Gasteiger partial charge in [0.05, 0.1) is 6.04 Å². The van der Waals surface area contributed by atoms with Gasteiger partial charge in [0.2, 0.25) is 0 Å². The third kappa shape index (κ3) is 2.47. The van der Waals surface area contributed by atoms with E-state index in [1.54, 1.807) is 0 Å². The number of rotatable bonds is 2. The lowest BCUT2D eigenvalue weighted by atomic mass is 9.94. The zero-order chi connectivity index (χ0) is 14.1. The fourth-order valence-corrected chi connectivity index (χ4v) is 2.94. The molecule has 1 unspecified atom stereocenters. The first kappa shape index (κ1) is 13.3. The molecule has 3 aromatic rings. The molecule has 0 aromatic heterocycles. The maximum absolute atomic E-state index is 13.5. The van der Waals surface area contributed by atoms with E-state index in [1.165, 1.54) is 12.1 Å². The number of hydrogen-bond acceptors (Lipinski definition) is 1. The molecule has 2 N–H and O–H groups in total. The van der Waals surface area contributed by atoms with Crippen LogP contribution in [-0.4, -0.2) is 0 Å². The SMILES string of the molecule is NC(c1cc(F)cc(Br)c1)c1cccc2ccccc12. The Balaban J connectivity index is 2.15. The van der Waals surface area contributed by atoms with Gasteiger partial charge in [-0.15, -0.1) is 0 Å². The van der Waals surface area contributed by atoms with Crippen molar-refractivity contribution < 1.29 is 4.39 Å². The average Bonchev–Trinajstić information content (AvgIpc) is 2.45. The predicted octanol–water partition coefficient (Wildman–Crippen LogP) is 4.79. The standard InChI is InChI=1S/C17H13BrFN/c18-13-8-12(9-14(19)10-13)17(20)16-7-3-5-11-4-1-2-6-15(11)16/h1-10,17H,20H2. The first-order chi connectivity index (χ1) is 9.65. The molecule has 0 radical (unpaired) electrons. The Hall–Kier alpha value is -1.71. The number of nitrogens with two attached hydrogens (primary N) is 1. The van der Waals surface area contributed by atoms with Crippen LogP contribution in [0.2, 0.25) is 0 Å². The van der Waals surface area contributed by atoms with Gasteiger partial charge in [0, 0.05) is 4.47 Å². The van der Waals surface area contributed by atoms with E-state index in [0.29, 0.717) is 4.47 Å². The van der Waals surface area contributed by atoms with Crippen LogP contribution >= 0.6 is 15.9 Å². The molecular formula is C17H13BrFN. The molecule has 100 valence electrons. The van der Waals surface area contributed by atoms with Crippen molar-refractivity contribution in [3.63, 3.8) is 0 Å². The van der Waals surface area contributed by atoms with Crippen LogP contribution in [0.1, 0.15) is 17.2 Å². The molecule has 0 saturated carbocycles. The Kier molecular flexibility index (Phi) is 3.55. The number of halogens is 2. The van der Waals surface area contributed by atoms with Crippen molar-refractivity contribution >= 4 is 26.7 Å². The summed E-state index contributed by atoms with van der Waals surface area (Å²) in [6.45, 7) is 0. The lowest BCUT2D eigenvalue weighted by Gasteiger charge is -2.16. The topological polar surface area (TPSA) is 26.0 Å². The predicted molar refractivity (Wildman–Crippen MR) is 84.1 cm³/mol. The first-order valence-corrected chi connectivity index (χ1v) is 7.14. The summed E-state index contributed by atoms with van der Waals surface area (Å²) in [5, 5.41) is 2.24. The van der Waals surface area contributed by atoms with Gasteiger partial charge < -0.3 is 5.73 Å². The van der Waals surface area contributed by atoms with E-state index in [1.807, 2.05) is 48.5 Å². The molecule has 3 heteroatoms. The first-order valence-electron chi connectivity index (χ1n) is 6.34. The summed E-state index contributed by atoms with van der Waals surface area (Å²) in [4.78, 5) is 0. The maximum atomic E-state index is 13.5. The minimum Gasteiger partial charge on any atom is -0.320 e. The van der Waals surface area contributed by atoms with E-state index in [9.17, 15) is 4.39 Å². The molecule has 0 aliphatic rings. The molecule has 0 amide bonds. The van der Waals surface area contributed by atoms with Crippen molar-refractivity contribution in [3.8, 4) is 0 Å². The third-order valence-corrected chi connectivity index (χ3v) is 3.86. The number of benzene rings is 3. The van der Waals surface area contributed by atoms with Gasteiger partial charge in [0.15, 0.2) is 0 Å². The van der Waals surface area contributed by atoms with Gasteiger partial charge in [-0.1, -0.05) is 58.4 Å². The average molecular weight is 330 g/mol. The molecule has 1 atom stereocenters. The fraction of sp³-hybridized carbons (Fsp3) is 0.0588. The third-order valence-electron chi connectivity index (χ3n) is 3.40. The highest BCUT2D eigenvalue weighted by molar-refractivity contribution is 9.10. The van der Waals surface area contributed by atoms with E-state index in [2.05, 4.69) is 15.9 Å². The molecule has 0 heterocycles. The van der Waals surface area contributed by atoms with Gasteiger partial charge in [0.1, 0.15) is 5.82 Å². The maximum Gasteiger partial charge on any atom is 0.124 e. The Labute approximate surface area is 125 Å². The van der Waals surface area contributed by atoms with Crippen LogP contribution in [-0.2, 0) is 0 Å². The normalized spacial score (nSPS) is 12.6. The largest absolute Gasteiger partial charge is 0.320 e. The van der Waals surface area contributed by atoms with Crippen molar-refractivity contribution in [2.45, 2.75) is 6.04 Å². The quantitative estimate of drug-likeness (QED) is 0.718. The van der Waals surface area contributed by atoms with Crippen LogP contribution < -0.4 is 5.73 Å². The monoisotopic (exact) mass is 329 g/mol. The van der Waals surface area contributed by atoms with Crippen molar-refractivity contribution in [2.75, 3.05) is 0 Å². The van der Waals surface area contributed by atoms with Crippen LogP contribution in [0.3, 0.4) is 0 Å². The zero-order valence-electron chi connectivity index (χ0n) is 10.7. The second kappa shape index (κ2) is 5.35. The highest BCUT2D eigenvalue weighted by atomic mass is 79.9. The molecule has 3 aromatic carbocycles. The van der Waals surface area contributed by atoms with Crippen molar-refractivity contribution in [2.24, 2.45) is 5.73 Å². The zero-order valence-corrected chi connectivity index (χ0v) is 12.3. The Bertz CT molecular complexity index is 744. The minimum absolute atomic E-state index is 0.287. The summed E-state index contributed by atoms with van der Waals surface area (Å²) in [5.74, 6) is -0.287. The van der Waals surface area contributed by atoms with Gasteiger partial charge in [-0.3, -0.25) is 0 Å². The Morgan fingerprint density at radius 2 is 1.70 bits per heavy atom. The minimum atomic E-state index is -0.354. The van der Waals surface area contributed by atoms with Crippen LogP contribution in [0.15, 0.2) is 65.1 Å². The van der Waals surface area contributed by atoms with E-state index in [0.717, 1.165) is 21.9 Å². The Morgan fingerprint density at radius 1 is 0.950 bits per heavy atom. The highest BCUT2D eigenvalue weighted by Gasteiger charge is 2.13. The van der Waals surface area contributed by atoms with Crippen molar-refractivity contribution in [1.29, 1.82) is 0 Å². The van der Waals surface area contributed by atoms with Gasteiger partial charge in [-0.2, -0.15) is 0 Å². The number of fused-ring (bicyclic) bond motifs is 1. The van der Waals surface area contributed by atoms with Crippen LogP contribution in [0.4, 0.5) is 4.39 Å². The summed E-state index contributed by atoms with van der Waals surface area (Å²) >= 11 is 3.31. The molecule has 3 rings (SSSR count). The van der Waals surface area contributed by atoms with E-state index in [-0.39, 0.29) is 11.9 Å². The van der Waals surface area contributed by atoms with Gasteiger partial charge in [0.25, 0.3) is 0 Å². The van der Waals surface area contributed by atoms with Crippen molar-refractivity contribution in [1.82, 2.24) is 0 Å². The molecule has 0 bridgehead atoms. The van der Waals surface area contributed by atoms with Gasteiger partial charge in [-0.25, -0.2) is 4.39 Å². The molecule has 0 saturated heterocycles. The molecule has 0 aliphatic carbocycles. The van der Waals surface area contributed by atoms with Gasteiger partial charge in [-0.05, 0) is 40.1 Å². The molecule has 0 aliphatic heterocycles. The molecule has 20 heavy (non-hydrogen) atoms. The van der Waals surface area contributed by atoms with Gasteiger partial charge >= 0.3 is 0 Å². The summed E-state index contributed by atoms with van der Waals surface area (Å²) in [5.41, 5.74) is 8.09. The lowest BCUT2D eigenvalue weighted by molar-refractivity contribution is 0.622. The smallest absolute Gasteiger partial charge is 0.124 e. The number of hydrogen-bond donors (Lipinski definition) is 1. The highest BCUT2D eigenvalue weighted by Crippen LogP contribution is 2.29. The van der Waals surface area contributed by atoms with Crippen LogP contribution in [0.5, 0.6) is 0 Å².